The third-order valence-electron chi connectivity index (χ3n) is 10.5. The fourth-order valence-corrected chi connectivity index (χ4v) is 7.68. The summed E-state index contributed by atoms with van der Waals surface area (Å²) in [5.74, 6) is 2.21. The van der Waals surface area contributed by atoms with E-state index in [1.54, 1.807) is 0 Å². The van der Waals surface area contributed by atoms with Crippen molar-refractivity contribution in [1.82, 2.24) is 0 Å². The van der Waals surface area contributed by atoms with Crippen molar-refractivity contribution in [2.24, 2.45) is 29.6 Å². The first-order valence-electron chi connectivity index (χ1n) is 18.1. The highest BCUT2D eigenvalue weighted by atomic mass is 16.5. The van der Waals surface area contributed by atoms with Crippen molar-refractivity contribution < 1.29 is 23.8 Å². The first-order chi connectivity index (χ1) is 22.4. The van der Waals surface area contributed by atoms with Gasteiger partial charge in [-0.2, -0.15) is 0 Å². The number of carbonyl (C=O) groups is 2. The number of carbonyl (C=O) groups excluding carboxylic acids is 2. The molecule has 2 bridgehead atoms. The summed E-state index contributed by atoms with van der Waals surface area (Å²) in [6, 6.07) is 19.2. The van der Waals surface area contributed by atoms with Crippen LogP contribution in [0.5, 0.6) is 5.75 Å². The smallest absolute Gasteiger partial charge is 0.309 e. The van der Waals surface area contributed by atoms with E-state index >= 15 is 0 Å². The molecule has 1 fully saturated rings. The number of hydrogen-bond donors (Lipinski definition) is 0. The van der Waals surface area contributed by atoms with Crippen molar-refractivity contribution >= 4 is 11.9 Å². The Labute approximate surface area is 278 Å². The number of unbranched alkanes of at least 4 members (excludes halogenated alkanes) is 7. The van der Waals surface area contributed by atoms with Gasteiger partial charge < -0.3 is 14.2 Å². The third-order valence-corrected chi connectivity index (χ3v) is 10.5. The third kappa shape index (κ3) is 9.96. The van der Waals surface area contributed by atoms with Crippen molar-refractivity contribution in [3.05, 3.63) is 77.9 Å². The molecular formula is C41H58O5. The average Bonchev–Trinajstić information content (AvgIpc) is 3.73. The summed E-state index contributed by atoms with van der Waals surface area (Å²) in [7, 11) is 1.48. The van der Waals surface area contributed by atoms with E-state index in [4.69, 9.17) is 14.2 Å². The van der Waals surface area contributed by atoms with E-state index in [1.807, 2.05) is 6.92 Å². The van der Waals surface area contributed by atoms with Gasteiger partial charge in [0, 0.05) is 5.41 Å². The minimum absolute atomic E-state index is 0.0298. The highest BCUT2D eigenvalue weighted by Gasteiger charge is 2.41. The van der Waals surface area contributed by atoms with Crippen molar-refractivity contribution in [2.75, 3.05) is 20.3 Å². The fraction of sp³-hybridized carbons (Fsp3) is 0.610. The van der Waals surface area contributed by atoms with Gasteiger partial charge in [0.15, 0.2) is 0 Å². The van der Waals surface area contributed by atoms with Crippen LogP contribution in [0.15, 0.2) is 66.7 Å². The van der Waals surface area contributed by atoms with E-state index in [2.05, 4.69) is 80.6 Å². The molecule has 5 nitrogen and oxygen atoms in total. The predicted octanol–water partition coefficient (Wildman–Crippen LogP) is 9.86. The zero-order chi connectivity index (χ0) is 32.8. The number of allylic oxidation sites excluding steroid dienone is 2. The van der Waals surface area contributed by atoms with E-state index in [-0.39, 0.29) is 29.2 Å². The molecule has 1 saturated carbocycles. The Kier molecular flexibility index (Phi) is 14.2. The molecule has 46 heavy (non-hydrogen) atoms. The zero-order valence-electron chi connectivity index (χ0n) is 28.9. The maximum Gasteiger partial charge on any atom is 0.309 e. The molecule has 0 aromatic heterocycles. The molecule has 0 spiro atoms. The topological polar surface area (TPSA) is 61.8 Å². The lowest BCUT2D eigenvalue weighted by Gasteiger charge is -2.39. The summed E-state index contributed by atoms with van der Waals surface area (Å²) in [6.45, 7) is 7.82. The molecule has 0 saturated heterocycles. The highest BCUT2D eigenvalue weighted by molar-refractivity contribution is 5.74. The van der Waals surface area contributed by atoms with Crippen LogP contribution in [0.2, 0.25) is 0 Å². The molecule has 0 aliphatic heterocycles. The van der Waals surface area contributed by atoms with Crippen LogP contribution in [0.1, 0.15) is 115 Å². The zero-order valence-corrected chi connectivity index (χ0v) is 28.9. The summed E-state index contributed by atoms with van der Waals surface area (Å²) >= 11 is 0. The predicted molar refractivity (Wildman–Crippen MR) is 186 cm³/mol. The van der Waals surface area contributed by atoms with Gasteiger partial charge in [-0.25, -0.2) is 0 Å². The maximum atomic E-state index is 12.6. The van der Waals surface area contributed by atoms with E-state index in [0.29, 0.717) is 30.8 Å². The van der Waals surface area contributed by atoms with Gasteiger partial charge in [0.2, 0.25) is 0 Å². The molecule has 2 aliphatic carbocycles. The quantitative estimate of drug-likeness (QED) is 0.0781. The van der Waals surface area contributed by atoms with Crippen molar-refractivity contribution in [1.29, 1.82) is 0 Å². The molecule has 5 heteroatoms. The second-order valence-electron chi connectivity index (χ2n) is 14.0. The molecule has 2 aliphatic rings. The van der Waals surface area contributed by atoms with Gasteiger partial charge in [-0.3, -0.25) is 9.59 Å². The van der Waals surface area contributed by atoms with Crippen molar-refractivity contribution in [3.63, 3.8) is 0 Å². The molecule has 0 radical (unpaired) electrons. The second kappa shape index (κ2) is 18.3. The molecule has 2 aromatic rings. The van der Waals surface area contributed by atoms with Crippen LogP contribution in [-0.2, 0) is 24.5 Å². The average molecular weight is 631 g/mol. The Morgan fingerprint density at radius 3 is 2.00 bits per heavy atom. The molecule has 6 atom stereocenters. The Morgan fingerprint density at radius 1 is 0.783 bits per heavy atom. The van der Waals surface area contributed by atoms with Gasteiger partial charge in [-0.15, -0.1) is 0 Å². The first kappa shape index (κ1) is 35.8. The molecular weight excluding hydrogens is 572 g/mol. The Bertz CT molecular complexity index is 1220. The molecule has 6 unspecified atom stereocenters. The lowest BCUT2D eigenvalue weighted by atomic mass is 9.64. The van der Waals surface area contributed by atoms with Gasteiger partial charge >= 0.3 is 11.9 Å². The molecule has 2 aromatic carbocycles. The van der Waals surface area contributed by atoms with Crippen molar-refractivity contribution in [3.8, 4) is 5.75 Å². The van der Waals surface area contributed by atoms with Crippen LogP contribution in [-0.4, -0.2) is 32.3 Å². The number of benzene rings is 2. The highest BCUT2D eigenvalue weighted by Crippen LogP contribution is 2.45. The summed E-state index contributed by atoms with van der Waals surface area (Å²) in [5.41, 5.74) is 2.17. The summed E-state index contributed by atoms with van der Waals surface area (Å²) in [6.07, 6.45) is 18.6. The summed E-state index contributed by atoms with van der Waals surface area (Å²) < 4.78 is 16.9. The Balaban J connectivity index is 1.16. The number of fused-ring (bicyclic) bond motifs is 2. The van der Waals surface area contributed by atoms with Gasteiger partial charge in [0.05, 0.1) is 32.2 Å². The van der Waals surface area contributed by atoms with E-state index in [1.165, 1.54) is 50.3 Å². The van der Waals surface area contributed by atoms with Gasteiger partial charge in [0.25, 0.3) is 0 Å². The lowest BCUT2D eigenvalue weighted by molar-refractivity contribution is -0.149. The van der Waals surface area contributed by atoms with Crippen LogP contribution in [0.3, 0.4) is 0 Å². The standard InChI is InChI=1S/C41H58O5/c1-5-31(2)29-41(30-32(3)39(42)44-4,35-17-13-12-14-18-35)36-21-23-37(24-22-36)45-25-15-10-8-6-7-9-11-16-26-46-40(43)38-28-33-19-20-34(38)27-33/h12-14,17-24,31-34,38H,5-11,15-16,25-30H2,1-4H3. The second-order valence-corrected chi connectivity index (χ2v) is 14.0. The van der Waals surface area contributed by atoms with Crippen LogP contribution < -0.4 is 4.74 Å². The van der Waals surface area contributed by atoms with Crippen LogP contribution in [0.4, 0.5) is 0 Å². The van der Waals surface area contributed by atoms with E-state index < -0.39 is 0 Å². The molecule has 0 heterocycles. The maximum absolute atomic E-state index is 12.6. The minimum atomic E-state index is -0.291. The Hall–Kier alpha value is -3.08. The van der Waals surface area contributed by atoms with E-state index in [9.17, 15) is 9.59 Å². The molecule has 252 valence electrons. The Morgan fingerprint density at radius 2 is 1.41 bits per heavy atom. The monoisotopic (exact) mass is 630 g/mol. The normalized spacial score (nSPS) is 21.0. The van der Waals surface area contributed by atoms with Crippen molar-refractivity contribution in [2.45, 2.75) is 110 Å². The summed E-state index contributed by atoms with van der Waals surface area (Å²) in [5, 5.41) is 0. The number of ether oxygens (including phenoxy) is 3. The first-order valence-corrected chi connectivity index (χ1v) is 18.1. The van der Waals surface area contributed by atoms with Crippen LogP contribution in [0, 0.1) is 29.6 Å². The largest absolute Gasteiger partial charge is 0.494 e. The SMILES string of the molecule is CCC(C)CC(CC(C)C(=O)OC)(c1ccccc1)c1ccc(OCCCCCCCCCCOC(=O)C2CC3C=CC2C3)cc1. The van der Waals surface area contributed by atoms with E-state index in [0.717, 1.165) is 57.3 Å². The summed E-state index contributed by atoms with van der Waals surface area (Å²) in [4.78, 5) is 24.9. The fourth-order valence-electron chi connectivity index (χ4n) is 7.68. The molecule has 0 N–H and O–H groups in total. The molecule has 0 amide bonds. The van der Waals surface area contributed by atoms with Crippen LogP contribution >= 0.6 is 0 Å². The van der Waals surface area contributed by atoms with Gasteiger partial charge in [0.1, 0.15) is 5.75 Å². The van der Waals surface area contributed by atoms with Gasteiger partial charge in [-0.1, -0.05) is 120 Å². The number of esters is 2. The van der Waals surface area contributed by atoms with Gasteiger partial charge in [-0.05, 0) is 79.5 Å². The molecule has 4 rings (SSSR count). The van der Waals surface area contributed by atoms with Crippen LogP contribution in [0.25, 0.3) is 0 Å². The minimum Gasteiger partial charge on any atom is -0.494 e. The number of rotatable bonds is 21. The number of methoxy groups -OCH3 is 1. The number of hydrogen-bond acceptors (Lipinski definition) is 5. The lowest BCUT2D eigenvalue weighted by Crippen LogP contribution is -2.34.